The Hall–Kier alpha value is -6.16. The van der Waals surface area contributed by atoms with Gasteiger partial charge in [0.05, 0.1) is 0 Å². The highest BCUT2D eigenvalue weighted by molar-refractivity contribution is 6.09. The second kappa shape index (κ2) is 14.7. The van der Waals surface area contributed by atoms with Crippen LogP contribution in [0, 0.1) is 6.92 Å². The Morgan fingerprint density at radius 1 is 0.511 bits per heavy atom. The number of rotatable bonds is 10. The van der Waals surface area contributed by atoms with E-state index in [4.69, 9.17) is 0 Å². The zero-order valence-electron chi connectivity index (χ0n) is 26.4. The van der Waals surface area contributed by atoms with Crippen LogP contribution in [0.1, 0.15) is 60.8 Å². The van der Waals surface area contributed by atoms with Gasteiger partial charge in [-0.3, -0.25) is 19.2 Å². The van der Waals surface area contributed by atoms with Gasteiger partial charge >= 0.3 is 0 Å². The number of hydrogen-bond acceptors (Lipinski definition) is 4. The summed E-state index contributed by atoms with van der Waals surface area (Å²) in [5.41, 5.74) is 4.76. The monoisotopic (exact) mass is 628 g/mol. The maximum Gasteiger partial charge on any atom is 0.255 e. The van der Waals surface area contributed by atoms with Gasteiger partial charge in [0.15, 0.2) is 24.8 Å². The molecule has 3 aromatic carbocycles. The first-order valence-electron chi connectivity index (χ1n) is 15.3. The van der Waals surface area contributed by atoms with Crippen LogP contribution in [-0.2, 0) is 13.1 Å². The van der Waals surface area contributed by atoms with Crippen molar-refractivity contribution >= 4 is 46.4 Å². The molecule has 5 aromatic rings. The van der Waals surface area contributed by atoms with E-state index >= 15 is 0 Å². The molecule has 10 heteroatoms. The Bertz CT molecular complexity index is 1940. The van der Waals surface area contributed by atoms with Crippen LogP contribution in [0.5, 0.6) is 0 Å². The van der Waals surface area contributed by atoms with E-state index in [1.807, 2.05) is 72.0 Å². The van der Waals surface area contributed by atoms with E-state index in [0.29, 0.717) is 50.6 Å². The lowest BCUT2D eigenvalue weighted by Gasteiger charge is -2.11. The van der Waals surface area contributed by atoms with Crippen LogP contribution >= 0.6 is 0 Å². The third-order valence-corrected chi connectivity index (χ3v) is 7.51. The van der Waals surface area contributed by atoms with Gasteiger partial charge < -0.3 is 21.3 Å². The van der Waals surface area contributed by atoms with E-state index in [2.05, 4.69) is 21.3 Å². The Morgan fingerprint density at radius 3 is 1.36 bits per heavy atom. The number of nitrogens with one attached hydrogen (secondary N) is 4. The molecule has 0 spiro atoms. The Labute approximate surface area is 273 Å². The van der Waals surface area contributed by atoms with E-state index in [1.54, 1.807) is 73.7 Å². The number of benzene rings is 3. The molecule has 0 saturated carbocycles. The van der Waals surface area contributed by atoms with Gasteiger partial charge in [0, 0.05) is 45.8 Å². The maximum absolute atomic E-state index is 13.0. The molecule has 0 aliphatic carbocycles. The lowest BCUT2D eigenvalue weighted by molar-refractivity contribution is -0.693. The zero-order valence-corrected chi connectivity index (χ0v) is 26.4. The lowest BCUT2D eigenvalue weighted by atomic mass is 10.0. The molecule has 4 N–H and O–H groups in total. The van der Waals surface area contributed by atoms with Crippen LogP contribution in [0.4, 0.5) is 22.7 Å². The second-order valence-electron chi connectivity index (χ2n) is 10.8. The molecule has 0 radical (unpaired) electrons. The van der Waals surface area contributed by atoms with E-state index < -0.39 is 0 Å². The normalized spacial score (nSPS) is 10.5. The average Bonchev–Trinajstić information content (AvgIpc) is 3.08. The quantitative estimate of drug-likeness (QED) is 0.150. The first-order valence-corrected chi connectivity index (χ1v) is 15.3. The van der Waals surface area contributed by atoms with Crippen molar-refractivity contribution in [1.29, 1.82) is 0 Å². The molecule has 0 unspecified atom stereocenters. The molecule has 0 atom stereocenters. The minimum atomic E-state index is -0.348. The first kappa shape index (κ1) is 32.2. The van der Waals surface area contributed by atoms with Gasteiger partial charge in [-0.05, 0) is 105 Å². The van der Waals surface area contributed by atoms with Crippen molar-refractivity contribution in [3.05, 3.63) is 144 Å². The minimum absolute atomic E-state index is 0.254. The van der Waals surface area contributed by atoms with E-state index in [-0.39, 0.29) is 23.6 Å². The summed E-state index contributed by atoms with van der Waals surface area (Å²) in [5.74, 6) is -1.19. The SMILES string of the molecule is CC[n+]1cccc(NC(=O)c2ccc(NC(=O)c3ccc(C(=O)Nc4ccc(C(=O)Nc5ccc[n+](CC)c5)cc4)c(C)c3)cc2)c1. The van der Waals surface area contributed by atoms with Crippen molar-refractivity contribution in [3.8, 4) is 0 Å². The summed E-state index contributed by atoms with van der Waals surface area (Å²) in [6, 6.07) is 25.4. The Balaban J connectivity index is 1.16. The van der Waals surface area contributed by atoms with Crippen LogP contribution in [0.3, 0.4) is 0 Å². The van der Waals surface area contributed by atoms with E-state index in [9.17, 15) is 19.2 Å². The largest absolute Gasteiger partial charge is 0.322 e. The summed E-state index contributed by atoms with van der Waals surface area (Å²) < 4.78 is 3.93. The maximum atomic E-state index is 13.0. The topological polar surface area (TPSA) is 124 Å². The number of anilines is 4. The summed E-state index contributed by atoms with van der Waals surface area (Å²) in [5, 5.41) is 11.4. The molecule has 0 saturated heterocycles. The highest BCUT2D eigenvalue weighted by atomic mass is 16.2. The van der Waals surface area contributed by atoms with Crippen molar-refractivity contribution in [2.45, 2.75) is 33.9 Å². The summed E-state index contributed by atoms with van der Waals surface area (Å²) in [6.45, 7) is 7.38. The van der Waals surface area contributed by atoms with Crippen molar-refractivity contribution in [2.75, 3.05) is 21.3 Å². The average molecular weight is 629 g/mol. The number of amides is 4. The molecule has 236 valence electrons. The summed E-state index contributed by atoms with van der Waals surface area (Å²) >= 11 is 0. The number of aryl methyl sites for hydroxylation is 3. The number of carbonyl (C=O) groups is 4. The Morgan fingerprint density at radius 2 is 0.915 bits per heavy atom. The van der Waals surface area contributed by atoms with Crippen molar-refractivity contribution in [1.82, 2.24) is 0 Å². The highest BCUT2D eigenvalue weighted by Crippen LogP contribution is 2.18. The first-order chi connectivity index (χ1) is 22.7. The number of pyridine rings is 2. The third-order valence-electron chi connectivity index (χ3n) is 7.51. The molecule has 10 nitrogen and oxygen atoms in total. The van der Waals surface area contributed by atoms with Gasteiger partial charge in [0.25, 0.3) is 23.6 Å². The van der Waals surface area contributed by atoms with Crippen molar-refractivity contribution < 1.29 is 28.3 Å². The van der Waals surface area contributed by atoms with E-state index in [1.165, 1.54) is 0 Å². The van der Waals surface area contributed by atoms with Gasteiger partial charge in [-0.1, -0.05) is 0 Å². The van der Waals surface area contributed by atoms with Gasteiger partial charge in [-0.15, -0.1) is 0 Å². The fraction of sp³-hybridized carbons (Fsp3) is 0.135. The van der Waals surface area contributed by atoms with Gasteiger partial charge in [-0.25, -0.2) is 9.13 Å². The molecule has 5 rings (SSSR count). The van der Waals surface area contributed by atoms with Crippen molar-refractivity contribution in [3.63, 3.8) is 0 Å². The van der Waals surface area contributed by atoms with Gasteiger partial charge in [0.2, 0.25) is 0 Å². The minimum Gasteiger partial charge on any atom is -0.322 e. The van der Waals surface area contributed by atoms with E-state index in [0.717, 1.165) is 13.1 Å². The molecule has 4 amide bonds. The molecule has 2 heterocycles. The predicted molar refractivity (Wildman–Crippen MR) is 180 cm³/mol. The second-order valence-corrected chi connectivity index (χ2v) is 10.8. The lowest BCUT2D eigenvalue weighted by Crippen LogP contribution is -2.31. The zero-order chi connectivity index (χ0) is 33.3. The van der Waals surface area contributed by atoms with Gasteiger partial charge in [-0.2, -0.15) is 0 Å². The summed E-state index contributed by atoms with van der Waals surface area (Å²) in [7, 11) is 0. The van der Waals surface area contributed by atoms with Crippen molar-refractivity contribution in [2.24, 2.45) is 0 Å². The summed E-state index contributed by atoms with van der Waals surface area (Å²) in [4.78, 5) is 51.4. The van der Waals surface area contributed by atoms with Gasteiger partial charge in [0.1, 0.15) is 24.5 Å². The van der Waals surface area contributed by atoms with Crippen LogP contribution < -0.4 is 30.4 Å². The smallest absolute Gasteiger partial charge is 0.255 e. The predicted octanol–water partition coefficient (Wildman–Crippen LogP) is 5.62. The molecular weight excluding hydrogens is 592 g/mol. The number of carbonyl (C=O) groups excluding carboxylic acids is 4. The molecule has 47 heavy (non-hydrogen) atoms. The Kier molecular flexibility index (Phi) is 10.1. The third kappa shape index (κ3) is 8.31. The fourth-order valence-corrected chi connectivity index (χ4v) is 4.86. The number of aromatic nitrogens is 2. The fourth-order valence-electron chi connectivity index (χ4n) is 4.86. The molecule has 2 aromatic heterocycles. The van der Waals surface area contributed by atoms with Crippen LogP contribution in [0.25, 0.3) is 0 Å². The molecular formula is C37H36N6O4+2. The standard InChI is InChI=1S/C37H34N6O4/c1-4-42-20-6-8-31(23-42)40-34(44)26-10-15-29(16-11-26)38-36(46)28-14-19-33(25(3)22-28)37(47)39-30-17-12-27(13-18-30)35(45)41-32-9-7-21-43(5-2)24-32/h6-24H,4-5H2,1-3H3,(H2-2,38,39,40,41,44,45,46,47)/p+2. The molecule has 0 bridgehead atoms. The van der Waals surface area contributed by atoms with Crippen LogP contribution in [-0.4, -0.2) is 23.6 Å². The van der Waals surface area contributed by atoms with Crippen LogP contribution in [0.2, 0.25) is 0 Å². The summed E-state index contributed by atoms with van der Waals surface area (Å²) in [6.07, 6.45) is 7.57. The highest BCUT2D eigenvalue weighted by Gasteiger charge is 2.15. The number of hydrogen-bond donors (Lipinski definition) is 4. The van der Waals surface area contributed by atoms with Crippen LogP contribution in [0.15, 0.2) is 116 Å². The molecule has 0 fully saturated rings. The molecule has 0 aliphatic heterocycles. The number of nitrogens with zero attached hydrogens (tertiary/aromatic N) is 2. The molecule has 0 aliphatic rings.